The van der Waals surface area contributed by atoms with Gasteiger partial charge in [0.25, 0.3) is 5.91 Å². The smallest absolute Gasteiger partial charge is 0.337 e. The minimum absolute atomic E-state index is 0.133. The van der Waals surface area contributed by atoms with E-state index in [1.165, 1.54) is 12.1 Å². The predicted octanol–water partition coefficient (Wildman–Crippen LogP) is 3.55. The summed E-state index contributed by atoms with van der Waals surface area (Å²) in [7, 11) is 0. The molecule has 0 atom stereocenters. The number of unbranched alkanes of at least 4 members (excludes halogenated alkanes) is 1. The molecular formula is C18H20N2O4. The fraction of sp³-hybridized carbons (Fsp3) is 0.222. The van der Waals surface area contributed by atoms with Crippen molar-refractivity contribution in [3.8, 4) is 5.75 Å². The molecule has 1 amide bonds. The Morgan fingerprint density at radius 2 is 1.79 bits per heavy atom. The van der Waals surface area contributed by atoms with E-state index in [1.54, 1.807) is 18.2 Å². The summed E-state index contributed by atoms with van der Waals surface area (Å²) in [5.74, 6) is -1.81. The maximum atomic E-state index is 12.5. The van der Waals surface area contributed by atoms with Crippen molar-refractivity contribution in [2.24, 2.45) is 0 Å². The fourth-order valence-corrected chi connectivity index (χ4v) is 2.24. The van der Waals surface area contributed by atoms with Gasteiger partial charge in [-0.05, 0) is 36.8 Å². The van der Waals surface area contributed by atoms with E-state index in [-0.39, 0.29) is 17.0 Å². The lowest BCUT2D eigenvalue weighted by Crippen LogP contribution is -2.17. The molecule has 2 rings (SSSR count). The number of hydrogen-bond donors (Lipinski definition) is 4. The van der Waals surface area contributed by atoms with E-state index in [0.29, 0.717) is 11.3 Å². The minimum Gasteiger partial charge on any atom is -0.508 e. The molecule has 6 heteroatoms. The van der Waals surface area contributed by atoms with E-state index < -0.39 is 11.9 Å². The summed E-state index contributed by atoms with van der Waals surface area (Å²) < 4.78 is 0. The Kier molecular flexibility index (Phi) is 5.78. The van der Waals surface area contributed by atoms with Crippen LogP contribution in [0.4, 0.5) is 11.4 Å². The second-order valence-electron chi connectivity index (χ2n) is 5.32. The third-order valence-corrected chi connectivity index (χ3v) is 3.50. The first kappa shape index (κ1) is 17.3. The molecule has 0 bridgehead atoms. The Bertz CT molecular complexity index is 744. The summed E-state index contributed by atoms with van der Waals surface area (Å²) in [5.41, 5.74) is 1.09. The zero-order valence-electron chi connectivity index (χ0n) is 13.4. The molecule has 0 aromatic heterocycles. The third-order valence-electron chi connectivity index (χ3n) is 3.50. The number of rotatable bonds is 7. The first-order chi connectivity index (χ1) is 11.5. The van der Waals surface area contributed by atoms with Gasteiger partial charge < -0.3 is 20.8 Å². The van der Waals surface area contributed by atoms with Gasteiger partial charge in [0.15, 0.2) is 0 Å². The van der Waals surface area contributed by atoms with Crippen LogP contribution in [-0.2, 0) is 0 Å². The largest absolute Gasteiger partial charge is 0.508 e. The zero-order chi connectivity index (χ0) is 17.5. The minimum atomic E-state index is -1.23. The fourth-order valence-electron chi connectivity index (χ4n) is 2.24. The van der Waals surface area contributed by atoms with Gasteiger partial charge in [0.2, 0.25) is 0 Å². The number of phenols is 1. The van der Waals surface area contributed by atoms with Crippen LogP contribution in [0.1, 0.15) is 40.5 Å². The van der Waals surface area contributed by atoms with Gasteiger partial charge in [0.1, 0.15) is 5.75 Å². The van der Waals surface area contributed by atoms with Crippen LogP contribution < -0.4 is 10.6 Å². The van der Waals surface area contributed by atoms with Crippen molar-refractivity contribution in [2.45, 2.75) is 19.8 Å². The number of hydrogen-bond acceptors (Lipinski definition) is 4. The molecule has 0 aliphatic heterocycles. The highest BCUT2D eigenvalue weighted by atomic mass is 16.4. The van der Waals surface area contributed by atoms with Gasteiger partial charge in [-0.15, -0.1) is 0 Å². The number of nitrogens with one attached hydrogen (secondary N) is 2. The Hall–Kier alpha value is -3.02. The molecule has 2 aromatic carbocycles. The summed E-state index contributed by atoms with van der Waals surface area (Å²) in [5, 5.41) is 24.4. The molecule has 126 valence electrons. The van der Waals surface area contributed by atoms with Gasteiger partial charge in [-0.25, -0.2) is 4.79 Å². The molecule has 24 heavy (non-hydrogen) atoms. The van der Waals surface area contributed by atoms with E-state index in [0.717, 1.165) is 25.5 Å². The van der Waals surface area contributed by atoms with Crippen LogP contribution >= 0.6 is 0 Å². The number of anilines is 2. The number of carboxylic acid groups (broad SMARTS) is 1. The molecule has 2 aromatic rings. The van der Waals surface area contributed by atoms with E-state index >= 15 is 0 Å². The Morgan fingerprint density at radius 3 is 2.50 bits per heavy atom. The van der Waals surface area contributed by atoms with Crippen LogP contribution in [0.15, 0.2) is 42.5 Å². The van der Waals surface area contributed by atoms with Crippen molar-refractivity contribution in [3.63, 3.8) is 0 Å². The van der Waals surface area contributed by atoms with Crippen molar-refractivity contribution in [3.05, 3.63) is 53.6 Å². The Balaban J connectivity index is 2.23. The van der Waals surface area contributed by atoms with Crippen LogP contribution in [0, 0.1) is 0 Å². The molecule has 0 spiro atoms. The monoisotopic (exact) mass is 328 g/mol. The molecule has 0 aliphatic rings. The summed E-state index contributed by atoms with van der Waals surface area (Å²) >= 11 is 0. The van der Waals surface area contributed by atoms with Crippen LogP contribution in [0.25, 0.3) is 0 Å². The van der Waals surface area contributed by atoms with Gasteiger partial charge >= 0.3 is 5.97 Å². The molecule has 0 saturated heterocycles. The van der Waals surface area contributed by atoms with E-state index in [1.807, 2.05) is 6.07 Å². The van der Waals surface area contributed by atoms with Crippen LogP contribution in [0.2, 0.25) is 0 Å². The number of carbonyl (C=O) groups is 2. The van der Waals surface area contributed by atoms with Gasteiger partial charge in [0.05, 0.1) is 16.8 Å². The van der Waals surface area contributed by atoms with Crippen molar-refractivity contribution < 1.29 is 19.8 Å². The quantitative estimate of drug-likeness (QED) is 0.460. The molecule has 0 heterocycles. The van der Waals surface area contributed by atoms with E-state index in [2.05, 4.69) is 17.6 Å². The Labute approximate surface area is 140 Å². The van der Waals surface area contributed by atoms with Gasteiger partial charge in [-0.2, -0.15) is 0 Å². The van der Waals surface area contributed by atoms with Crippen LogP contribution in [-0.4, -0.2) is 28.6 Å². The summed E-state index contributed by atoms with van der Waals surface area (Å²) in [6.07, 6.45) is 2.02. The number of carbonyl (C=O) groups excluding carboxylic acids is 1. The number of benzene rings is 2. The Morgan fingerprint density at radius 1 is 1.04 bits per heavy atom. The topological polar surface area (TPSA) is 98.7 Å². The zero-order valence-corrected chi connectivity index (χ0v) is 13.4. The number of para-hydroxylation sites is 1. The highest BCUT2D eigenvalue weighted by Gasteiger charge is 2.16. The summed E-state index contributed by atoms with van der Waals surface area (Å²) in [6.45, 7) is 2.83. The number of amides is 1. The second kappa shape index (κ2) is 8.01. The maximum Gasteiger partial charge on any atom is 0.337 e. The average molecular weight is 328 g/mol. The number of carboxylic acids is 1. The molecule has 0 saturated carbocycles. The van der Waals surface area contributed by atoms with E-state index in [4.69, 9.17) is 0 Å². The number of aromatic hydroxyl groups is 1. The maximum absolute atomic E-state index is 12.5. The molecule has 4 N–H and O–H groups in total. The van der Waals surface area contributed by atoms with Gasteiger partial charge in [-0.3, -0.25) is 4.79 Å². The lowest BCUT2D eigenvalue weighted by atomic mass is 10.1. The highest BCUT2D eigenvalue weighted by molar-refractivity contribution is 6.10. The summed E-state index contributed by atoms with van der Waals surface area (Å²) in [6, 6.07) is 10.8. The highest BCUT2D eigenvalue weighted by Crippen LogP contribution is 2.23. The predicted molar refractivity (Wildman–Crippen MR) is 92.9 cm³/mol. The third kappa shape index (κ3) is 4.25. The van der Waals surface area contributed by atoms with Gasteiger partial charge in [-0.1, -0.05) is 25.5 Å². The molecule has 0 aliphatic carbocycles. The standard InChI is InChI=1S/C18H20N2O4/c1-2-3-10-19-15-7-5-4-6-13(15)17(22)20-16-9-8-12(21)11-14(16)18(23)24/h4-9,11,19,21H,2-3,10H2,1H3,(H,20,22)(H,23,24). The molecule has 0 fully saturated rings. The number of phenolic OH excluding ortho intramolecular Hbond substituents is 1. The molecule has 0 unspecified atom stereocenters. The normalized spacial score (nSPS) is 10.2. The van der Waals surface area contributed by atoms with Crippen molar-refractivity contribution >= 4 is 23.3 Å². The molecular weight excluding hydrogens is 308 g/mol. The van der Waals surface area contributed by atoms with E-state index in [9.17, 15) is 19.8 Å². The number of aromatic carboxylic acids is 1. The first-order valence-electron chi connectivity index (χ1n) is 7.73. The molecule has 0 radical (unpaired) electrons. The van der Waals surface area contributed by atoms with Crippen molar-refractivity contribution in [1.82, 2.24) is 0 Å². The SMILES string of the molecule is CCCCNc1ccccc1C(=O)Nc1ccc(O)cc1C(=O)O. The van der Waals surface area contributed by atoms with Crippen molar-refractivity contribution in [2.75, 3.05) is 17.2 Å². The average Bonchev–Trinajstić information content (AvgIpc) is 2.57. The second-order valence-corrected chi connectivity index (χ2v) is 5.32. The first-order valence-corrected chi connectivity index (χ1v) is 7.73. The molecule has 6 nitrogen and oxygen atoms in total. The van der Waals surface area contributed by atoms with Crippen LogP contribution in [0.5, 0.6) is 5.75 Å². The van der Waals surface area contributed by atoms with Crippen LogP contribution in [0.3, 0.4) is 0 Å². The van der Waals surface area contributed by atoms with Gasteiger partial charge in [0, 0.05) is 12.2 Å². The lowest BCUT2D eigenvalue weighted by Gasteiger charge is -2.13. The summed E-state index contributed by atoms with van der Waals surface area (Å²) in [4.78, 5) is 23.8. The lowest BCUT2D eigenvalue weighted by molar-refractivity contribution is 0.0697. The van der Waals surface area contributed by atoms with Crippen molar-refractivity contribution in [1.29, 1.82) is 0 Å².